The van der Waals surface area contributed by atoms with Crippen molar-refractivity contribution >= 4 is 22.1 Å². The first kappa shape index (κ1) is 47.9. The van der Waals surface area contributed by atoms with Crippen molar-refractivity contribution in [3.63, 3.8) is 0 Å². The van der Waals surface area contributed by atoms with Crippen LogP contribution in [0.2, 0.25) is 0 Å². The molecule has 2 unspecified atom stereocenters. The molecule has 0 aromatic heterocycles. The van der Waals surface area contributed by atoms with E-state index in [4.69, 9.17) is 18.9 Å². The van der Waals surface area contributed by atoms with E-state index in [1.54, 1.807) is 0 Å². The van der Waals surface area contributed by atoms with E-state index in [0.29, 0.717) is 12.8 Å². The van der Waals surface area contributed by atoms with E-state index in [9.17, 15) is 37.9 Å². The van der Waals surface area contributed by atoms with Crippen molar-refractivity contribution < 1.29 is 56.8 Å². The lowest BCUT2D eigenvalue weighted by atomic mass is 10.00. The molecule has 0 aromatic carbocycles. The highest BCUT2D eigenvalue weighted by atomic mass is 32.2. The fourth-order valence-corrected chi connectivity index (χ4v) is 6.31. The van der Waals surface area contributed by atoms with E-state index in [0.717, 1.165) is 70.6 Å². The summed E-state index contributed by atoms with van der Waals surface area (Å²) in [6, 6.07) is 0. The summed E-state index contributed by atoms with van der Waals surface area (Å²) in [5.41, 5.74) is 0. The minimum atomic E-state index is -4.60. The normalized spacial score (nSPS) is 21.7. The van der Waals surface area contributed by atoms with Gasteiger partial charge in [0.25, 0.3) is 10.1 Å². The average molecular weight is 761 g/mol. The second-order valence-corrected chi connectivity index (χ2v) is 15.1. The van der Waals surface area contributed by atoms with Crippen molar-refractivity contribution in [1.29, 1.82) is 0 Å². The largest absolute Gasteiger partial charge is 0.462 e. The second-order valence-electron chi connectivity index (χ2n) is 13.6. The van der Waals surface area contributed by atoms with Gasteiger partial charge in [-0.15, -0.1) is 0 Å². The number of unbranched alkanes of at least 4 members (excludes halogenated alkanes) is 13. The average Bonchev–Trinajstić information content (AvgIpc) is 3.10. The third-order valence-electron chi connectivity index (χ3n) is 8.72. The molecule has 0 aromatic rings. The number of rotatable bonds is 31. The molecular weight excluding hydrogens is 692 g/mol. The molecule has 0 radical (unpaired) electrons. The van der Waals surface area contributed by atoms with Crippen LogP contribution in [0.4, 0.5) is 0 Å². The molecule has 4 N–H and O–H groups in total. The third-order valence-corrected chi connectivity index (χ3v) is 9.47. The summed E-state index contributed by atoms with van der Waals surface area (Å²) in [6.45, 7) is 3.63. The Morgan fingerprint density at radius 1 is 0.654 bits per heavy atom. The number of hydrogen-bond acceptors (Lipinski definition) is 11. The third kappa shape index (κ3) is 25.0. The number of aliphatic hydroxyl groups is 3. The molecule has 1 heterocycles. The molecule has 0 saturated carbocycles. The topological polar surface area (TPSA) is 186 Å². The van der Waals surface area contributed by atoms with Crippen LogP contribution in [0.3, 0.4) is 0 Å². The van der Waals surface area contributed by atoms with E-state index in [2.05, 4.69) is 50.3 Å². The molecule has 302 valence electrons. The van der Waals surface area contributed by atoms with Gasteiger partial charge < -0.3 is 34.3 Å². The summed E-state index contributed by atoms with van der Waals surface area (Å²) in [6.07, 6.45) is 22.3. The molecule has 52 heavy (non-hydrogen) atoms. The Morgan fingerprint density at radius 2 is 1.15 bits per heavy atom. The molecule has 0 amide bonds. The standard InChI is InChI=1S/C39H68O12S/c1-3-5-7-9-11-12-13-14-15-16-17-18-19-20-22-24-26-28-35(41)50-32(29-48-34(40)27-25-23-21-10-8-6-4-2)30-49-39-38(44)37(43)36(42)33(51-39)31-52(45,46)47/h11-12,14-15,17-18,32-33,36-39,42-44H,3-10,13,16,19-31H2,1-2H3,(H,45,46,47)/b12-11+,15-14+,18-17+/t32-,33-,36-,37?,38?,39+/m1/s1. The maximum atomic E-state index is 12.7. The lowest BCUT2D eigenvalue weighted by Crippen LogP contribution is -2.60. The molecule has 1 aliphatic heterocycles. The molecule has 1 aliphatic rings. The molecule has 0 spiro atoms. The summed E-state index contributed by atoms with van der Waals surface area (Å²) in [7, 11) is -4.60. The van der Waals surface area contributed by atoms with Crippen LogP contribution in [0.15, 0.2) is 36.5 Å². The highest BCUT2D eigenvalue weighted by molar-refractivity contribution is 7.85. The maximum absolute atomic E-state index is 12.7. The predicted octanol–water partition coefficient (Wildman–Crippen LogP) is 6.66. The molecule has 1 saturated heterocycles. The van der Waals surface area contributed by atoms with Crippen LogP contribution < -0.4 is 0 Å². The summed E-state index contributed by atoms with van der Waals surface area (Å²) >= 11 is 0. The number of allylic oxidation sites excluding steroid dienone is 6. The van der Waals surface area contributed by atoms with E-state index >= 15 is 0 Å². The Bertz CT molecular complexity index is 1120. The first-order valence-corrected chi connectivity index (χ1v) is 21.2. The van der Waals surface area contributed by atoms with Crippen LogP contribution in [-0.4, -0.2) is 96.0 Å². The number of carbonyl (C=O) groups is 2. The van der Waals surface area contributed by atoms with E-state index in [1.807, 2.05) is 0 Å². The molecule has 13 heteroatoms. The Morgan fingerprint density at radius 3 is 1.75 bits per heavy atom. The van der Waals surface area contributed by atoms with Gasteiger partial charge in [0.15, 0.2) is 12.4 Å². The van der Waals surface area contributed by atoms with Gasteiger partial charge in [-0.3, -0.25) is 14.1 Å². The van der Waals surface area contributed by atoms with Crippen LogP contribution in [0.1, 0.15) is 142 Å². The molecule has 6 atom stereocenters. The van der Waals surface area contributed by atoms with Gasteiger partial charge in [-0.2, -0.15) is 8.42 Å². The van der Waals surface area contributed by atoms with E-state index in [-0.39, 0.29) is 19.4 Å². The van der Waals surface area contributed by atoms with E-state index < -0.39 is 71.2 Å². The minimum absolute atomic E-state index is 0.139. The maximum Gasteiger partial charge on any atom is 0.306 e. The van der Waals surface area contributed by atoms with Crippen molar-refractivity contribution in [3.8, 4) is 0 Å². The Hall–Kier alpha value is -2.13. The van der Waals surface area contributed by atoms with Gasteiger partial charge in [-0.05, 0) is 51.4 Å². The van der Waals surface area contributed by atoms with Crippen LogP contribution in [0.25, 0.3) is 0 Å². The highest BCUT2D eigenvalue weighted by Gasteiger charge is 2.46. The summed E-state index contributed by atoms with van der Waals surface area (Å²) in [5.74, 6) is -2.02. The first-order chi connectivity index (χ1) is 25.0. The van der Waals surface area contributed by atoms with Crippen molar-refractivity contribution in [2.24, 2.45) is 0 Å². The van der Waals surface area contributed by atoms with Crippen LogP contribution in [-0.2, 0) is 38.7 Å². The van der Waals surface area contributed by atoms with Gasteiger partial charge in [-0.25, -0.2) is 0 Å². The fraction of sp³-hybridized carbons (Fsp3) is 0.795. The second kappa shape index (κ2) is 30.2. The number of ether oxygens (including phenoxy) is 4. The van der Waals surface area contributed by atoms with Crippen molar-refractivity contribution in [2.45, 2.75) is 179 Å². The Kier molecular flexibility index (Phi) is 27.8. The Labute approximate surface area is 312 Å². The van der Waals surface area contributed by atoms with Gasteiger partial charge in [0, 0.05) is 12.8 Å². The summed E-state index contributed by atoms with van der Waals surface area (Å²) in [4.78, 5) is 25.1. The summed E-state index contributed by atoms with van der Waals surface area (Å²) in [5, 5.41) is 30.7. The monoisotopic (exact) mass is 760 g/mol. The lowest BCUT2D eigenvalue weighted by molar-refractivity contribution is -0.297. The molecule has 0 bridgehead atoms. The van der Waals surface area contributed by atoms with Crippen LogP contribution in [0, 0.1) is 0 Å². The number of esters is 2. The predicted molar refractivity (Wildman–Crippen MR) is 201 cm³/mol. The van der Waals surface area contributed by atoms with Gasteiger partial charge >= 0.3 is 11.9 Å². The Balaban J connectivity index is 2.50. The quantitative estimate of drug-likeness (QED) is 0.0255. The molecule has 1 rings (SSSR count). The van der Waals surface area contributed by atoms with Crippen LogP contribution in [0.5, 0.6) is 0 Å². The van der Waals surface area contributed by atoms with Crippen molar-refractivity contribution in [2.75, 3.05) is 19.0 Å². The van der Waals surface area contributed by atoms with Gasteiger partial charge in [0.1, 0.15) is 36.8 Å². The zero-order valence-corrected chi connectivity index (χ0v) is 32.5. The van der Waals surface area contributed by atoms with Gasteiger partial charge in [0.05, 0.1) is 6.61 Å². The number of hydrogen-bond donors (Lipinski definition) is 4. The SMILES string of the molecule is CCCCC/C=C/C/C=C/C/C=C/CCCCCCC(=O)O[C@H](COC(=O)CCCCCCCCC)CO[C@H]1O[C@H](CS(=O)(=O)O)[C@@H](O)C(O)C1O. The van der Waals surface area contributed by atoms with Gasteiger partial charge in [0.2, 0.25) is 0 Å². The van der Waals surface area contributed by atoms with Gasteiger partial charge in [-0.1, -0.05) is 115 Å². The smallest absolute Gasteiger partial charge is 0.306 e. The van der Waals surface area contributed by atoms with Crippen molar-refractivity contribution in [1.82, 2.24) is 0 Å². The number of aliphatic hydroxyl groups excluding tert-OH is 3. The molecule has 1 fully saturated rings. The lowest BCUT2D eigenvalue weighted by Gasteiger charge is -2.40. The fourth-order valence-electron chi connectivity index (χ4n) is 5.62. The highest BCUT2D eigenvalue weighted by Crippen LogP contribution is 2.24. The molecular formula is C39H68O12S. The van der Waals surface area contributed by atoms with Crippen molar-refractivity contribution in [3.05, 3.63) is 36.5 Å². The minimum Gasteiger partial charge on any atom is -0.462 e. The zero-order valence-electron chi connectivity index (χ0n) is 31.7. The summed E-state index contributed by atoms with van der Waals surface area (Å²) < 4.78 is 53.7. The molecule has 12 nitrogen and oxygen atoms in total. The first-order valence-electron chi connectivity index (χ1n) is 19.5. The van der Waals surface area contributed by atoms with Crippen LogP contribution >= 0.6 is 0 Å². The number of carbonyl (C=O) groups excluding carboxylic acids is 2. The zero-order chi connectivity index (χ0) is 38.5. The molecule has 0 aliphatic carbocycles. The van der Waals surface area contributed by atoms with E-state index in [1.165, 1.54) is 32.1 Å².